The van der Waals surface area contributed by atoms with E-state index in [9.17, 15) is 13.5 Å². The molecule has 0 saturated carbocycles. The van der Waals surface area contributed by atoms with Crippen LogP contribution in [0.3, 0.4) is 0 Å². The Kier molecular flexibility index (Phi) is 3.89. The van der Waals surface area contributed by atoms with Crippen molar-refractivity contribution in [2.75, 3.05) is 18.8 Å². The lowest BCUT2D eigenvalue weighted by molar-refractivity contribution is 0.189. The highest BCUT2D eigenvalue weighted by Gasteiger charge is 2.33. The van der Waals surface area contributed by atoms with Gasteiger partial charge < -0.3 is 10.8 Å². The number of aliphatic hydroxyl groups excluding tert-OH is 1. The zero-order valence-corrected chi connectivity index (χ0v) is 12.5. The summed E-state index contributed by atoms with van der Waals surface area (Å²) in [5.41, 5.74) is 5.95. The van der Waals surface area contributed by atoms with Crippen molar-refractivity contribution in [3.63, 3.8) is 0 Å². The van der Waals surface area contributed by atoms with Crippen LogP contribution in [-0.2, 0) is 10.0 Å². The SMILES string of the molecule is Nc1cc(Cl)cc(S(=O)(=O)N2CCC(O)C2)c1Br. The maximum absolute atomic E-state index is 12.4. The predicted octanol–water partition coefficient (Wildman–Crippen LogP) is 1.44. The molecule has 1 atom stereocenters. The highest BCUT2D eigenvalue weighted by Crippen LogP contribution is 2.34. The van der Waals surface area contributed by atoms with E-state index in [1.807, 2.05) is 0 Å². The van der Waals surface area contributed by atoms with Gasteiger partial charge in [0.1, 0.15) is 0 Å². The van der Waals surface area contributed by atoms with Crippen molar-refractivity contribution in [3.05, 3.63) is 21.6 Å². The van der Waals surface area contributed by atoms with Gasteiger partial charge in [0.05, 0.1) is 15.5 Å². The fraction of sp³-hybridized carbons (Fsp3) is 0.400. The Hall–Kier alpha value is -0.340. The van der Waals surface area contributed by atoms with Crippen molar-refractivity contribution >= 4 is 43.2 Å². The number of anilines is 1. The number of halogens is 2. The van der Waals surface area contributed by atoms with E-state index < -0.39 is 16.1 Å². The van der Waals surface area contributed by atoms with Crippen molar-refractivity contribution in [3.8, 4) is 0 Å². The first-order valence-corrected chi connectivity index (χ1v) is 7.86. The molecular weight excluding hydrogens is 344 g/mol. The zero-order chi connectivity index (χ0) is 13.5. The predicted molar refractivity (Wildman–Crippen MR) is 72.9 cm³/mol. The first kappa shape index (κ1) is 14.1. The molecule has 0 amide bonds. The molecule has 1 saturated heterocycles. The molecule has 3 N–H and O–H groups in total. The molecule has 8 heteroatoms. The van der Waals surface area contributed by atoms with Gasteiger partial charge in [-0.25, -0.2) is 8.42 Å². The van der Waals surface area contributed by atoms with Crippen LogP contribution in [0.5, 0.6) is 0 Å². The Bertz CT molecular complexity index is 579. The van der Waals surface area contributed by atoms with Gasteiger partial charge in [-0.05, 0) is 34.5 Å². The summed E-state index contributed by atoms with van der Waals surface area (Å²) in [6.07, 6.45) is -0.178. The number of hydrogen-bond donors (Lipinski definition) is 2. The third-order valence-corrected chi connectivity index (χ3v) is 6.03. The maximum Gasteiger partial charge on any atom is 0.244 e. The van der Waals surface area contributed by atoms with Gasteiger partial charge >= 0.3 is 0 Å². The van der Waals surface area contributed by atoms with Crippen molar-refractivity contribution in [1.82, 2.24) is 4.31 Å². The maximum atomic E-state index is 12.4. The molecule has 1 aromatic carbocycles. The minimum atomic E-state index is -3.69. The molecule has 18 heavy (non-hydrogen) atoms. The Balaban J connectivity index is 2.48. The van der Waals surface area contributed by atoms with Gasteiger partial charge in [-0.1, -0.05) is 11.6 Å². The van der Waals surface area contributed by atoms with Crippen molar-refractivity contribution in [2.24, 2.45) is 0 Å². The van der Waals surface area contributed by atoms with E-state index in [0.717, 1.165) is 0 Å². The second-order valence-electron chi connectivity index (χ2n) is 4.11. The van der Waals surface area contributed by atoms with Gasteiger partial charge in [0.25, 0.3) is 0 Å². The summed E-state index contributed by atoms with van der Waals surface area (Å²) < 4.78 is 26.3. The molecule has 100 valence electrons. The van der Waals surface area contributed by atoms with E-state index in [0.29, 0.717) is 17.4 Å². The van der Waals surface area contributed by atoms with Crippen LogP contribution in [0.1, 0.15) is 6.42 Å². The summed E-state index contributed by atoms with van der Waals surface area (Å²) in [5, 5.41) is 9.68. The third kappa shape index (κ3) is 2.50. The standard InChI is InChI=1S/C10H12BrClN2O3S/c11-10-8(13)3-6(12)4-9(10)18(16,17)14-2-1-7(15)5-14/h3-4,7,15H,1-2,5,13H2. The van der Waals surface area contributed by atoms with Crippen molar-refractivity contribution < 1.29 is 13.5 Å². The fourth-order valence-corrected chi connectivity index (χ4v) is 4.59. The monoisotopic (exact) mass is 354 g/mol. The number of hydrogen-bond acceptors (Lipinski definition) is 4. The average molecular weight is 356 g/mol. The van der Waals surface area contributed by atoms with E-state index in [2.05, 4.69) is 15.9 Å². The van der Waals surface area contributed by atoms with Crippen molar-refractivity contribution in [1.29, 1.82) is 0 Å². The molecule has 0 spiro atoms. The van der Waals surface area contributed by atoms with Crippen LogP contribution in [-0.4, -0.2) is 37.0 Å². The number of benzene rings is 1. The molecule has 0 bridgehead atoms. The van der Waals surface area contributed by atoms with Gasteiger partial charge in [-0.3, -0.25) is 0 Å². The molecule has 0 aromatic heterocycles. The van der Waals surface area contributed by atoms with Crippen LogP contribution in [0.2, 0.25) is 5.02 Å². The van der Waals surface area contributed by atoms with E-state index >= 15 is 0 Å². The zero-order valence-electron chi connectivity index (χ0n) is 9.31. The quantitative estimate of drug-likeness (QED) is 0.786. The molecule has 1 aliphatic rings. The molecular formula is C10H12BrClN2O3S. The molecule has 1 unspecified atom stereocenters. The summed E-state index contributed by atoms with van der Waals surface area (Å²) in [6, 6.07) is 2.82. The lowest BCUT2D eigenvalue weighted by Gasteiger charge is -2.17. The third-order valence-electron chi connectivity index (χ3n) is 2.78. The largest absolute Gasteiger partial charge is 0.398 e. The van der Waals surface area contributed by atoms with Crippen LogP contribution in [0, 0.1) is 0 Å². The number of nitrogens with two attached hydrogens (primary N) is 1. The molecule has 0 radical (unpaired) electrons. The fourth-order valence-electron chi connectivity index (χ4n) is 1.84. The Morgan fingerprint density at radius 2 is 2.17 bits per heavy atom. The molecule has 1 heterocycles. The lowest BCUT2D eigenvalue weighted by Crippen LogP contribution is -2.30. The lowest BCUT2D eigenvalue weighted by atomic mass is 10.3. The van der Waals surface area contributed by atoms with Gasteiger partial charge in [0.15, 0.2) is 0 Å². The second-order valence-corrected chi connectivity index (χ2v) is 7.25. The molecule has 5 nitrogen and oxygen atoms in total. The minimum absolute atomic E-state index is 0.0293. The van der Waals surface area contributed by atoms with E-state index in [1.54, 1.807) is 0 Å². The summed E-state index contributed by atoms with van der Waals surface area (Å²) in [7, 11) is -3.69. The van der Waals surface area contributed by atoms with Gasteiger partial charge in [0, 0.05) is 23.8 Å². The summed E-state index contributed by atoms with van der Waals surface area (Å²) in [6.45, 7) is 0.392. The Labute approximate surface area is 119 Å². The molecule has 1 fully saturated rings. The summed E-state index contributed by atoms with van der Waals surface area (Å²) in [4.78, 5) is 0.0293. The first-order chi connectivity index (χ1) is 8.32. The summed E-state index contributed by atoms with van der Waals surface area (Å²) >= 11 is 8.99. The van der Waals surface area contributed by atoms with Gasteiger partial charge in [-0.2, -0.15) is 4.31 Å². The van der Waals surface area contributed by atoms with E-state index in [4.69, 9.17) is 17.3 Å². The van der Waals surface area contributed by atoms with Crippen LogP contribution >= 0.6 is 27.5 Å². The number of nitrogens with zero attached hydrogens (tertiary/aromatic N) is 1. The number of aliphatic hydroxyl groups is 1. The normalized spacial score (nSPS) is 21.4. The number of β-amino-alcohol motifs (C(OH)–C–C–N with tert-alkyl or cyclic N) is 1. The van der Waals surface area contributed by atoms with Crippen LogP contribution in [0.15, 0.2) is 21.5 Å². The van der Waals surface area contributed by atoms with Gasteiger partial charge in [-0.15, -0.1) is 0 Å². The van der Waals surface area contributed by atoms with E-state index in [1.165, 1.54) is 16.4 Å². The second kappa shape index (κ2) is 4.97. The number of sulfonamides is 1. The average Bonchev–Trinajstić information content (AvgIpc) is 2.70. The molecule has 2 rings (SSSR count). The topological polar surface area (TPSA) is 83.6 Å². The van der Waals surface area contributed by atoms with Crippen molar-refractivity contribution in [2.45, 2.75) is 17.4 Å². The Morgan fingerprint density at radius 1 is 1.50 bits per heavy atom. The molecule has 1 aromatic rings. The number of nitrogen functional groups attached to an aromatic ring is 1. The first-order valence-electron chi connectivity index (χ1n) is 5.25. The van der Waals surface area contributed by atoms with Gasteiger partial charge in [0.2, 0.25) is 10.0 Å². The van der Waals surface area contributed by atoms with Crippen LogP contribution in [0.4, 0.5) is 5.69 Å². The smallest absolute Gasteiger partial charge is 0.244 e. The van der Waals surface area contributed by atoms with Crippen LogP contribution in [0.25, 0.3) is 0 Å². The summed E-state index contributed by atoms with van der Waals surface area (Å²) in [5.74, 6) is 0. The highest BCUT2D eigenvalue weighted by atomic mass is 79.9. The highest BCUT2D eigenvalue weighted by molar-refractivity contribution is 9.10. The minimum Gasteiger partial charge on any atom is -0.398 e. The van der Waals surface area contributed by atoms with E-state index in [-0.39, 0.29) is 22.2 Å². The molecule has 0 aliphatic carbocycles. The molecule has 1 aliphatic heterocycles. The number of rotatable bonds is 2. The Morgan fingerprint density at radius 3 is 2.72 bits per heavy atom. The van der Waals surface area contributed by atoms with Crippen LogP contribution < -0.4 is 5.73 Å².